The van der Waals surface area contributed by atoms with E-state index < -0.39 is 0 Å². The highest BCUT2D eigenvalue weighted by atomic mass is 16.3. The molecular weight excluding hydrogens is 176 g/mol. The Bertz CT molecular complexity index is 448. The Morgan fingerprint density at radius 1 is 1.36 bits per heavy atom. The number of nitrogens with one attached hydrogen (secondary N) is 1. The lowest BCUT2D eigenvalue weighted by molar-refractivity contribution is 0.371. The van der Waals surface area contributed by atoms with E-state index >= 15 is 0 Å². The molecule has 1 atom stereocenters. The third-order valence-corrected chi connectivity index (χ3v) is 2.72. The summed E-state index contributed by atoms with van der Waals surface area (Å²) in [6, 6.07) is 7.98. The van der Waals surface area contributed by atoms with Gasteiger partial charge in [0.05, 0.1) is 11.6 Å². The van der Waals surface area contributed by atoms with E-state index in [9.17, 15) is 5.11 Å². The van der Waals surface area contributed by atoms with Crippen LogP contribution in [0.4, 0.5) is 0 Å². The molecule has 0 bridgehead atoms. The second-order valence-corrected chi connectivity index (χ2v) is 3.57. The van der Waals surface area contributed by atoms with Crippen molar-refractivity contribution in [1.29, 1.82) is 0 Å². The van der Waals surface area contributed by atoms with Crippen LogP contribution in [-0.4, -0.2) is 17.4 Å². The van der Waals surface area contributed by atoms with Gasteiger partial charge in [-0.05, 0) is 11.6 Å². The van der Waals surface area contributed by atoms with Gasteiger partial charge in [-0.2, -0.15) is 5.10 Å². The molecule has 14 heavy (non-hydrogen) atoms. The predicted octanol–water partition coefficient (Wildman–Crippen LogP) is 1.52. The van der Waals surface area contributed by atoms with E-state index in [1.165, 1.54) is 0 Å². The number of hydrogen-bond donors (Lipinski definition) is 2. The Balaban J connectivity index is 2.25. The lowest BCUT2D eigenvalue weighted by Crippen LogP contribution is -2.22. The summed E-state index contributed by atoms with van der Waals surface area (Å²) in [6.45, 7) is 0.700. The van der Waals surface area contributed by atoms with Crippen molar-refractivity contribution in [1.82, 2.24) is 5.43 Å². The Hall–Kier alpha value is -1.77. The van der Waals surface area contributed by atoms with Crippen LogP contribution in [0.3, 0.4) is 0 Å². The molecule has 1 aliphatic carbocycles. The summed E-state index contributed by atoms with van der Waals surface area (Å²) in [5.74, 6) is 0.456. The second kappa shape index (κ2) is 2.61. The van der Waals surface area contributed by atoms with Gasteiger partial charge < -0.3 is 10.5 Å². The molecule has 2 N–H and O–H groups in total. The number of hydrogen-bond acceptors (Lipinski definition) is 3. The summed E-state index contributed by atoms with van der Waals surface area (Å²) < 4.78 is 0. The first-order valence-electron chi connectivity index (χ1n) is 4.66. The Morgan fingerprint density at radius 3 is 3.14 bits per heavy atom. The molecule has 1 aromatic rings. The van der Waals surface area contributed by atoms with Gasteiger partial charge in [-0.25, -0.2) is 0 Å². The van der Waals surface area contributed by atoms with Gasteiger partial charge in [0.1, 0.15) is 5.76 Å². The molecule has 1 aliphatic heterocycles. The number of rotatable bonds is 0. The van der Waals surface area contributed by atoms with Gasteiger partial charge in [-0.1, -0.05) is 24.3 Å². The molecule has 0 saturated heterocycles. The van der Waals surface area contributed by atoms with Gasteiger partial charge >= 0.3 is 0 Å². The number of aliphatic hydroxyl groups excluding tert-OH is 1. The molecule has 0 fully saturated rings. The van der Waals surface area contributed by atoms with Crippen molar-refractivity contribution in [3.8, 4) is 0 Å². The third-order valence-electron chi connectivity index (χ3n) is 2.72. The zero-order valence-corrected chi connectivity index (χ0v) is 7.57. The zero-order valence-electron chi connectivity index (χ0n) is 7.57. The Morgan fingerprint density at radius 2 is 2.21 bits per heavy atom. The van der Waals surface area contributed by atoms with Crippen molar-refractivity contribution in [3.63, 3.8) is 0 Å². The van der Waals surface area contributed by atoms with Gasteiger partial charge in [-0.3, -0.25) is 0 Å². The normalized spacial score (nSPS) is 23.0. The topological polar surface area (TPSA) is 44.6 Å². The molecule has 70 valence electrons. The third kappa shape index (κ3) is 0.894. The molecule has 0 aromatic heterocycles. The molecule has 0 amide bonds. The fourth-order valence-corrected chi connectivity index (χ4v) is 2.01. The highest BCUT2D eigenvalue weighted by Crippen LogP contribution is 2.29. The lowest BCUT2D eigenvalue weighted by Gasteiger charge is -2.18. The van der Waals surface area contributed by atoms with E-state index in [4.69, 9.17) is 0 Å². The van der Waals surface area contributed by atoms with Crippen LogP contribution in [0.15, 0.2) is 35.1 Å². The molecule has 0 spiro atoms. The van der Waals surface area contributed by atoms with Crippen LogP contribution in [0, 0.1) is 5.92 Å². The van der Waals surface area contributed by atoms with Gasteiger partial charge in [0.2, 0.25) is 0 Å². The van der Waals surface area contributed by atoms with Crippen LogP contribution in [0.2, 0.25) is 0 Å². The standard InChI is InChI=1S/C11H10N2O/c14-10-5-7-3-1-2-4-8(7)11-9(10)6-12-13-11/h1-5,9,12,14H,6H2. The summed E-state index contributed by atoms with van der Waals surface area (Å²) in [6.07, 6.45) is 1.83. The molecule has 0 saturated carbocycles. The minimum absolute atomic E-state index is 0.0462. The summed E-state index contributed by atoms with van der Waals surface area (Å²) >= 11 is 0. The molecule has 1 heterocycles. The fraction of sp³-hybridized carbons (Fsp3) is 0.182. The number of nitrogens with zero attached hydrogens (tertiary/aromatic N) is 1. The van der Waals surface area contributed by atoms with E-state index in [0.29, 0.717) is 12.3 Å². The Labute approximate surface area is 81.8 Å². The van der Waals surface area contributed by atoms with Crippen molar-refractivity contribution < 1.29 is 5.11 Å². The van der Waals surface area contributed by atoms with E-state index in [1.807, 2.05) is 30.3 Å². The number of hydrazone groups is 1. The van der Waals surface area contributed by atoms with Crippen LogP contribution in [0.25, 0.3) is 6.08 Å². The van der Waals surface area contributed by atoms with Gasteiger partial charge in [-0.15, -0.1) is 0 Å². The summed E-state index contributed by atoms with van der Waals surface area (Å²) in [4.78, 5) is 0. The van der Waals surface area contributed by atoms with Gasteiger partial charge in [0.25, 0.3) is 0 Å². The number of fused-ring (bicyclic) bond motifs is 3. The summed E-state index contributed by atoms with van der Waals surface area (Å²) in [7, 11) is 0. The van der Waals surface area contributed by atoms with Crippen LogP contribution < -0.4 is 5.43 Å². The van der Waals surface area contributed by atoms with Crippen molar-refractivity contribution in [2.24, 2.45) is 11.0 Å². The van der Waals surface area contributed by atoms with Crippen LogP contribution in [0.1, 0.15) is 11.1 Å². The number of aliphatic hydroxyl groups is 1. The predicted molar refractivity (Wildman–Crippen MR) is 55.1 cm³/mol. The van der Waals surface area contributed by atoms with Crippen molar-refractivity contribution >= 4 is 11.8 Å². The maximum Gasteiger partial charge on any atom is 0.104 e. The minimum Gasteiger partial charge on any atom is -0.512 e. The van der Waals surface area contributed by atoms with E-state index in [2.05, 4.69) is 10.5 Å². The largest absolute Gasteiger partial charge is 0.512 e. The number of benzene rings is 1. The second-order valence-electron chi connectivity index (χ2n) is 3.57. The first-order chi connectivity index (χ1) is 6.86. The molecule has 3 heteroatoms. The summed E-state index contributed by atoms with van der Waals surface area (Å²) in [5.41, 5.74) is 6.05. The summed E-state index contributed by atoms with van der Waals surface area (Å²) in [5, 5.41) is 14.0. The van der Waals surface area contributed by atoms with Gasteiger partial charge in [0.15, 0.2) is 0 Å². The fourth-order valence-electron chi connectivity index (χ4n) is 2.01. The molecule has 1 unspecified atom stereocenters. The average Bonchev–Trinajstić information content (AvgIpc) is 2.67. The monoisotopic (exact) mass is 186 g/mol. The first kappa shape index (κ1) is 7.62. The maximum absolute atomic E-state index is 9.77. The van der Waals surface area contributed by atoms with Crippen molar-refractivity contribution in [3.05, 3.63) is 41.2 Å². The van der Waals surface area contributed by atoms with Crippen molar-refractivity contribution in [2.45, 2.75) is 0 Å². The Kier molecular flexibility index (Phi) is 1.42. The van der Waals surface area contributed by atoms with Gasteiger partial charge in [0, 0.05) is 12.1 Å². The molecule has 3 nitrogen and oxygen atoms in total. The smallest absolute Gasteiger partial charge is 0.104 e. The van der Waals surface area contributed by atoms with Crippen LogP contribution in [-0.2, 0) is 0 Å². The highest BCUT2D eigenvalue weighted by Gasteiger charge is 2.30. The average molecular weight is 186 g/mol. The van der Waals surface area contributed by atoms with Crippen molar-refractivity contribution in [2.75, 3.05) is 6.54 Å². The lowest BCUT2D eigenvalue weighted by atomic mass is 9.87. The minimum atomic E-state index is 0.0462. The maximum atomic E-state index is 9.77. The molecular formula is C11H10N2O. The zero-order chi connectivity index (χ0) is 9.54. The molecule has 1 aromatic carbocycles. The molecule has 2 aliphatic rings. The molecule has 0 radical (unpaired) electrons. The van der Waals surface area contributed by atoms with Crippen LogP contribution >= 0.6 is 0 Å². The van der Waals surface area contributed by atoms with E-state index in [-0.39, 0.29) is 5.92 Å². The van der Waals surface area contributed by atoms with E-state index in [1.54, 1.807) is 0 Å². The van der Waals surface area contributed by atoms with Crippen LogP contribution in [0.5, 0.6) is 0 Å². The first-order valence-corrected chi connectivity index (χ1v) is 4.66. The van der Waals surface area contributed by atoms with E-state index in [0.717, 1.165) is 16.8 Å². The SMILES string of the molecule is OC1=Cc2ccccc2C2=NNCC12. The quantitative estimate of drug-likeness (QED) is 0.645. The highest BCUT2D eigenvalue weighted by molar-refractivity contribution is 6.09. The molecule has 3 rings (SSSR count).